The van der Waals surface area contributed by atoms with E-state index in [9.17, 15) is 0 Å². The van der Waals surface area contributed by atoms with Crippen LogP contribution < -0.4 is 5.32 Å². The van der Waals surface area contributed by atoms with Crippen LogP contribution in [0.3, 0.4) is 0 Å². The van der Waals surface area contributed by atoms with Crippen molar-refractivity contribution in [3.63, 3.8) is 0 Å². The maximum Gasteiger partial charge on any atom is 0.0101 e. The lowest BCUT2D eigenvalue weighted by Crippen LogP contribution is -2.25. The highest BCUT2D eigenvalue weighted by molar-refractivity contribution is 5.06. The van der Waals surface area contributed by atoms with E-state index >= 15 is 0 Å². The standard InChI is InChI=1S/C14H25N/c1-3-4-6-11-14(15-2)12-13-9-7-5-8-10-13/h3,9,14-15H,1,4-8,10-12H2,2H3. The Bertz CT molecular complexity index is 205. The third kappa shape index (κ3) is 5.17. The second kappa shape index (κ2) is 7.70. The molecule has 1 N–H and O–H groups in total. The maximum atomic E-state index is 3.77. The van der Waals surface area contributed by atoms with E-state index < -0.39 is 0 Å². The predicted molar refractivity (Wildman–Crippen MR) is 68.1 cm³/mol. The van der Waals surface area contributed by atoms with Crippen molar-refractivity contribution < 1.29 is 0 Å². The van der Waals surface area contributed by atoms with Gasteiger partial charge in [0, 0.05) is 6.04 Å². The molecule has 0 aromatic heterocycles. The zero-order chi connectivity index (χ0) is 10.9. The molecule has 0 saturated heterocycles. The molecule has 1 rings (SSSR count). The lowest BCUT2D eigenvalue weighted by molar-refractivity contribution is 0.489. The van der Waals surface area contributed by atoms with Gasteiger partial charge in [-0.05, 0) is 58.4 Å². The van der Waals surface area contributed by atoms with Gasteiger partial charge in [-0.1, -0.05) is 17.7 Å². The minimum atomic E-state index is 0.675. The summed E-state index contributed by atoms with van der Waals surface area (Å²) in [6.07, 6.45) is 14.9. The fourth-order valence-electron chi connectivity index (χ4n) is 2.26. The normalized spacial score (nSPS) is 18.3. The van der Waals surface area contributed by atoms with Crippen LogP contribution >= 0.6 is 0 Å². The number of rotatable bonds is 7. The third-order valence-electron chi connectivity index (χ3n) is 3.26. The molecule has 1 aliphatic carbocycles. The van der Waals surface area contributed by atoms with Crippen molar-refractivity contribution in [2.75, 3.05) is 7.05 Å². The number of nitrogens with one attached hydrogen (secondary N) is 1. The molecule has 0 aromatic rings. The van der Waals surface area contributed by atoms with Crippen LogP contribution in [0.1, 0.15) is 51.4 Å². The second-order valence-corrected chi connectivity index (χ2v) is 4.52. The van der Waals surface area contributed by atoms with Crippen molar-refractivity contribution in [3.8, 4) is 0 Å². The van der Waals surface area contributed by atoms with E-state index in [1.54, 1.807) is 5.57 Å². The summed E-state index contributed by atoms with van der Waals surface area (Å²) in [5.74, 6) is 0. The van der Waals surface area contributed by atoms with Gasteiger partial charge in [0.15, 0.2) is 0 Å². The smallest absolute Gasteiger partial charge is 0.0101 e. The Labute approximate surface area is 94.6 Å². The van der Waals surface area contributed by atoms with Crippen LogP contribution in [0.2, 0.25) is 0 Å². The number of unbranched alkanes of at least 4 members (excludes halogenated alkanes) is 1. The van der Waals surface area contributed by atoms with E-state index in [-0.39, 0.29) is 0 Å². The summed E-state index contributed by atoms with van der Waals surface area (Å²) in [4.78, 5) is 0. The molecule has 15 heavy (non-hydrogen) atoms. The van der Waals surface area contributed by atoms with Gasteiger partial charge in [-0.25, -0.2) is 0 Å². The van der Waals surface area contributed by atoms with Gasteiger partial charge in [-0.3, -0.25) is 0 Å². The van der Waals surface area contributed by atoms with Crippen LogP contribution in [0.15, 0.2) is 24.3 Å². The summed E-state index contributed by atoms with van der Waals surface area (Å²) < 4.78 is 0. The Morgan fingerprint density at radius 3 is 3.00 bits per heavy atom. The maximum absolute atomic E-state index is 3.77. The molecule has 86 valence electrons. The first-order valence-electron chi connectivity index (χ1n) is 6.33. The summed E-state index contributed by atoms with van der Waals surface area (Å²) in [7, 11) is 2.09. The minimum Gasteiger partial charge on any atom is -0.317 e. The zero-order valence-corrected chi connectivity index (χ0v) is 10.1. The lowest BCUT2D eigenvalue weighted by atomic mass is 9.92. The van der Waals surface area contributed by atoms with E-state index in [1.807, 2.05) is 6.08 Å². The predicted octanol–water partition coefficient (Wildman–Crippen LogP) is 3.82. The first-order valence-corrected chi connectivity index (χ1v) is 6.33. The van der Waals surface area contributed by atoms with E-state index in [4.69, 9.17) is 0 Å². The van der Waals surface area contributed by atoms with Crippen molar-refractivity contribution in [2.45, 2.75) is 57.4 Å². The third-order valence-corrected chi connectivity index (χ3v) is 3.26. The van der Waals surface area contributed by atoms with E-state index in [0.717, 1.165) is 6.42 Å². The van der Waals surface area contributed by atoms with Gasteiger partial charge in [-0.15, -0.1) is 6.58 Å². The average Bonchev–Trinajstić information content (AvgIpc) is 2.29. The van der Waals surface area contributed by atoms with Gasteiger partial charge < -0.3 is 5.32 Å². The molecule has 1 unspecified atom stereocenters. The molecule has 0 bridgehead atoms. The van der Waals surface area contributed by atoms with Crippen LogP contribution in [-0.2, 0) is 0 Å². The van der Waals surface area contributed by atoms with Crippen molar-refractivity contribution in [3.05, 3.63) is 24.3 Å². The average molecular weight is 207 g/mol. The number of hydrogen-bond acceptors (Lipinski definition) is 1. The molecule has 0 radical (unpaired) electrons. The first-order chi connectivity index (χ1) is 7.36. The molecule has 1 nitrogen and oxygen atoms in total. The van der Waals surface area contributed by atoms with Gasteiger partial charge in [0.2, 0.25) is 0 Å². The summed E-state index contributed by atoms with van der Waals surface area (Å²) in [5, 5.41) is 3.43. The Morgan fingerprint density at radius 2 is 2.40 bits per heavy atom. The summed E-state index contributed by atoms with van der Waals surface area (Å²) in [6.45, 7) is 3.77. The van der Waals surface area contributed by atoms with Crippen LogP contribution in [0.4, 0.5) is 0 Å². The van der Waals surface area contributed by atoms with Crippen molar-refractivity contribution >= 4 is 0 Å². The quantitative estimate of drug-likeness (QED) is 0.494. The topological polar surface area (TPSA) is 12.0 Å². The van der Waals surface area contributed by atoms with Crippen molar-refractivity contribution in [1.29, 1.82) is 0 Å². The highest BCUT2D eigenvalue weighted by atomic mass is 14.9. The van der Waals surface area contributed by atoms with Gasteiger partial charge in [0.1, 0.15) is 0 Å². The van der Waals surface area contributed by atoms with E-state index in [1.165, 1.54) is 44.9 Å². The van der Waals surface area contributed by atoms with Gasteiger partial charge in [0.05, 0.1) is 0 Å². The summed E-state index contributed by atoms with van der Waals surface area (Å²) in [5.41, 5.74) is 1.68. The molecule has 1 heteroatoms. The Balaban J connectivity index is 2.25. The highest BCUT2D eigenvalue weighted by Gasteiger charge is 2.10. The monoisotopic (exact) mass is 207 g/mol. The zero-order valence-electron chi connectivity index (χ0n) is 10.1. The molecule has 0 aromatic carbocycles. The summed E-state index contributed by atoms with van der Waals surface area (Å²) >= 11 is 0. The van der Waals surface area contributed by atoms with E-state index in [2.05, 4.69) is 25.0 Å². The molecule has 0 spiro atoms. The van der Waals surface area contributed by atoms with Gasteiger partial charge in [-0.2, -0.15) is 0 Å². The van der Waals surface area contributed by atoms with Gasteiger partial charge >= 0.3 is 0 Å². The fourth-order valence-corrected chi connectivity index (χ4v) is 2.26. The Morgan fingerprint density at radius 1 is 1.53 bits per heavy atom. The Kier molecular flexibility index (Phi) is 6.42. The molecule has 1 atom stereocenters. The molecule has 0 aliphatic heterocycles. The first kappa shape index (κ1) is 12.5. The highest BCUT2D eigenvalue weighted by Crippen LogP contribution is 2.22. The van der Waals surface area contributed by atoms with Crippen LogP contribution in [0, 0.1) is 0 Å². The second-order valence-electron chi connectivity index (χ2n) is 4.52. The molecular formula is C14H25N. The molecule has 1 aliphatic rings. The molecule has 0 saturated carbocycles. The molecular weight excluding hydrogens is 182 g/mol. The van der Waals surface area contributed by atoms with Crippen LogP contribution in [-0.4, -0.2) is 13.1 Å². The fraction of sp³-hybridized carbons (Fsp3) is 0.714. The summed E-state index contributed by atoms with van der Waals surface area (Å²) in [6, 6.07) is 0.675. The Hall–Kier alpha value is -0.560. The molecule has 0 heterocycles. The molecule has 0 fully saturated rings. The number of allylic oxidation sites excluding steroid dienone is 2. The van der Waals surface area contributed by atoms with Crippen LogP contribution in [0.25, 0.3) is 0 Å². The van der Waals surface area contributed by atoms with Crippen LogP contribution in [0.5, 0.6) is 0 Å². The van der Waals surface area contributed by atoms with Gasteiger partial charge in [0.25, 0.3) is 0 Å². The van der Waals surface area contributed by atoms with Crippen molar-refractivity contribution in [1.82, 2.24) is 5.32 Å². The lowest BCUT2D eigenvalue weighted by Gasteiger charge is -2.20. The largest absolute Gasteiger partial charge is 0.317 e. The van der Waals surface area contributed by atoms with Crippen molar-refractivity contribution in [2.24, 2.45) is 0 Å². The van der Waals surface area contributed by atoms with E-state index in [0.29, 0.717) is 6.04 Å². The molecule has 0 amide bonds. The number of hydrogen-bond donors (Lipinski definition) is 1. The minimum absolute atomic E-state index is 0.675. The SMILES string of the molecule is C=CCCCC(CC1=CCCCC1)NC.